The molecule has 10 heteroatoms. The first-order valence-corrected chi connectivity index (χ1v) is 10.5. The van der Waals surface area contributed by atoms with Gasteiger partial charge in [-0.3, -0.25) is 14.4 Å². The zero-order valence-corrected chi connectivity index (χ0v) is 18.0. The quantitative estimate of drug-likeness (QED) is 0.438. The Morgan fingerprint density at radius 1 is 1.42 bits per heavy atom. The Labute approximate surface area is 183 Å². The third-order valence-corrected chi connectivity index (χ3v) is 5.81. The summed E-state index contributed by atoms with van der Waals surface area (Å²) in [6, 6.07) is 5.83. The standard InChI is InChI=1S/C21H23ClN8O/c1-11(8-30-9-13(23)10-30)26-21(31)15-6-24-20-19(15)27-16(7-25-20)18-14-4-3-12(22)5-17(14)29(2)28-18/h3-7,11,13H,8-10,23H2,1-2H3,(H,24,25)(H,26,31)/t11-/m1/s1. The number of halogens is 1. The second kappa shape index (κ2) is 7.60. The molecule has 1 amide bonds. The summed E-state index contributed by atoms with van der Waals surface area (Å²) in [7, 11) is 1.86. The van der Waals surface area contributed by atoms with Crippen molar-refractivity contribution in [2.75, 3.05) is 19.6 Å². The Morgan fingerprint density at radius 3 is 3.00 bits per heavy atom. The van der Waals surface area contributed by atoms with Gasteiger partial charge in [0.05, 0.1) is 17.3 Å². The van der Waals surface area contributed by atoms with E-state index in [1.807, 2.05) is 32.2 Å². The molecule has 4 N–H and O–H groups in total. The van der Waals surface area contributed by atoms with E-state index in [0.717, 1.165) is 30.5 Å². The molecule has 9 nitrogen and oxygen atoms in total. The summed E-state index contributed by atoms with van der Waals surface area (Å²) in [4.78, 5) is 27.4. The van der Waals surface area contributed by atoms with Crippen molar-refractivity contribution < 1.29 is 4.79 Å². The molecule has 31 heavy (non-hydrogen) atoms. The van der Waals surface area contributed by atoms with Crippen LogP contribution >= 0.6 is 11.6 Å². The third kappa shape index (κ3) is 3.65. The van der Waals surface area contributed by atoms with Crippen LogP contribution in [0.4, 0.5) is 0 Å². The summed E-state index contributed by atoms with van der Waals surface area (Å²) in [5.41, 5.74) is 9.54. The minimum absolute atomic E-state index is 0.00873. The predicted molar refractivity (Wildman–Crippen MR) is 120 cm³/mol. The number of likely N-dealkylation sites (tertiary alicyclic amines) is 1. The van der Waals surface area contributed by atoms with Crippen molar-refractivity contribution in [3.8, 4) is 11.4 Å². The van der Waals surface area contributed by atoms with Gasteiger partial charge in [-0.05, 0) is 25.1 Å². The van der Waals surface area contributed by atoms with Crippen LogP contribution in [0.25, 0.3) is 33.5 Å². The van der Waals surface area contributed by atoms with Crippen LogP contribution in [0.2, 0.25) is 5.02 Å². The fourth-order valence-electron chi connectivity index (χ4n) is 4.09. The number of amides is 1. The molecule has 1 aliphatic rings. The molecule has 5 rings (SSSR count). The van der Waals surface area contributed by atoms with Gasteiger partial charge in [0, 0.05) is 55.4 Å². The van der Waals surface area contributed by atoms with Gasteiger partial charge in [-0.25, -0.2) is 9.97 Å². The van der Waals surface area contributed by atoms with Crippen LogP contribution < -0.4 is 11.1 Å². The van der Waals surface area contributed by atoms with E-state index in [1.165, 1.54) is 0 Å². The lowest BCUT2D eigenvalue weighted by molar-refractivity contribution is 0.0904. The number of hydrogen-bond donors (Lipinski definition) is 3. The molecule has 1 atom stereocenters. The van der Waals surface area contributed by atoms with Gasteiger partial charge in [0.15, 0.2) is 5.65 Å². The smallest absolute Gasteiger partial charge is 0.255 e. The summed E-state index contributed by atoms with van der Waals surface area (Å²) >= 11 is 6.13. The van der Waals surface area contributed by atoms with Crippen LogP contribution in [-0.2, 0) is 7.05 Å². The van der Waals surface area contributed by atoms with Crippen LogP contribution in [0.3, 0.4) is 0 Å². The van der Waals surface area contributed by atoms with Crippen molar-refractivity contribution in [3.63, 3.8) is 0 Å². The Balaban J connectivity index is 1.44. The molecule has 0 bridgehead atoms. The Kier molecular flexibility index (Phi) is 4.88. The van der Waals surface area contributed by atoms with Crippen molar-refractivity contribution in [1.29, 1.82) is 0 Å². The number of benzene rings is 1. The Morgan fingerprint density at radius 2 is 2.23 bits per heavy atom. The molecule has 0 radical (unpaired) electrons. The van der Waals surface area contributed by atoms with Crippen molar-refractivity contribution in [3.05, 3.63) is 41.2 Å². The molecular weight excluding hydrogens is 416 g/mol. The van der Waals surface area contributed by atoms with E-state index in [1.54, 1.807) is 17.1 Å². The van der Waals surface area contributed by atoms with Gasteiger partial charge >= 0.3 is 0 Å². The number of aryl methyl sites for hydroxylation is 1. The second-order valence-electron chi connectivity index (χ2n) is 8.14. The van der Waals surface area contributed by atoms with Gasteiger partial charge in [-0.2, -0.15) is 5.10 Å². The van der Waals surface area contributed by atoms with Crippen molar-refractivity contribution in [2.24, 2.45) is 12.8 Å². The molecule has 4 heterocycles. The lowest BCUT2D eigenvalue weighted by Crippen LogP contribution is -2.58. The maximum Gasteiger partial charge on any atom is 0.255 e. The fraction of sp³-hybridized carbons (Fsp3) is 0.333. The van der Waals surface area contributed by atoms with Crippen LogP contribution in [0.1, 0.15) is 17.3 Å². The molecule has 1 saturated heterocycles. The highest BCUT2D eigenvalue weighted by Gasteiger charge is 2.25. The van der Waals surface area contributed by atoms with Crippen LogP contribution in [0.15, 0.2) is 30.6 Å². The highest BCUT2D eigenvalue weighted by atomic mass is 35.5. The highest BCUT2D eigenvalue weighted by Crippen LogP contribution is 2.29. The van der Waals surface area contributed by atoms with E-state index in [2.05, 4.69) is 25.3 Å². The van der Waals surface area contributed by atoms with E-state index >= 15 is 0 Å². The van der Waals surface area contributed by atoms with Crippen molar-refractivity contribution in [1.82, 2.24) is 34.9 Å². The number of carbonyl (C=O) groups excluding carboxylic acids is 1. The second-order valence-corrected chi connectivity index (χ2v) is 8.58. The van der Waals surface area contributed by atoms with Gasteiger partial charge in [-0.1, -0.05) is 11.6 Å². The number of aromatic amines is 1. The monoisotopic (exact) mass is 438 g/mol. The fourth-order valence-corrected chi connectivity index (χ4v) is 4.26. The molecule has 1 fully saturated rings. The van der Waals surface area contributed by atoms with E-state index in [9.17, 15) is 4.79 Å². The number of H-pyrrole nitrogens is 1. The SMILES string of the molecule is C[C@H](CN1CC(N)C1)NC(=O)c1c[nH]c2ncc(-c3nn(C)c4cc(Cl)ccc34)nc12. The number of fused-ring (bicyclic) bond motifs is 2. The van der Waals surface area contributed by atoms with E-state index in [0.29, 0.717) is 33.1 Å². The number of aromatic nitrogens is 5. The van der Waals surface area contributed by atoms with Crippen LogP contribution in [-0.4, -0.2) is 67.3 Å². The molecular formula is C21H23ClN8O. The number of hydrogen-bond acceptors (Lipinski definition) is 6. The molecule has 0 saturated carbocycles. The molecule has 0 spiro atoms. The average molecular weight is 439 g/mol. The number of nitrogens with one attached hydrogen (secondary N) is 2. The summed E-state index contributed by atoms with van der Waals surface area (Å²) in [6.45, 7) is 4.48. The first-order chi connectivity index (χ1) is 14.9. The Hall–Kier alpha value is -3.01. The molecule has 3 aromatic heterocycles. The van der Waals surface area contributed by atoms with Gasteiger partial charge < -0.3 is 16.0 Å². The molecule has 1 aliphatic heterocycles. The van der Waals surface area contributed by atoms with Crippen molar-refractivity contribution in [2.45, 2.75) is 19.0 Å². The minimum atomic E-state index is -0.187. The first kappa shape index (κ1) is 19.9. The summed E-state index contributed by atoms with van der Waals surface area (Å²) in [5, 5.41) is 9.20. The highest BCUT2D eigenvalue weighted by molar-refractivity contribution is 6.31. The van der Waals surface area contributed by atoms with Crippen LogP contribution in [0.5, 0.6) is 0 Å². The third-order valence-electron chi connectivity index (χ3n) is 5.58. The molecule has 0 unspecified atom stereocenters. The van der Waals surface area contributed by atoms with E-state index in [-0.39, 0.29) is 18.0 Å². The molecule has 1 aromatic carbocycles. The lowest BCUT2D eigenvalue weighted by Gasteiger charge is -2.38. The number of nitrogens with two attached hydrogens (primary N) is 1. The van der Waals surface area contributed by atoms with Gasteiger partial charge in [0.25, 0.3) is 5.91 Å². The van der Waals surface area contributed by atoms with Crippen LogP contribution in [0, 0.1) is 0 Å². The zero-order valence-electron chi connectivity index (χ0n) is 17.3. The first-order valence-electron chi connectivity index (χ1n) is 10.1. The summed E-state index contributed by atoms with van der Waals surface area (Å²) in [5.74, 6) is -0.187. The minimum Gasteiger partial charge on any atom is -0.348 e. The lowest BCUT2D eigenvalue weighted by atomic mass is 10.1. The summed E-state index contributed by atoms with van der Waals surface area (Å²) < 4.78 is 1.76. The van der Waals surface area contributed by atoms with Gasteiger partial charge in [-0.15, -0.1) is 0 Å². The Bertz CT molecular complexity index is 1290. The summed E-state index contributed by atoms with van der Waals surface area (Å²) in [6.07, 6.45) is 3.30. The molecule has 0 aliphatic carbocycles. The maximum absolute atomic E-state index is 12.9. The predicted octanol–water partition coefficient (Wildman–Crippen LogP) is 1.93. The van der Waals surface area contributed by atoms with E-state index in [4.69, 9.17) is 22.3 Å². The normalized spacial score (nSPS) is 16.0. The van der Waals surface area contributed by atoms with Crippen molar-refractivity contribution >= 4 is 39.6 Å². The topological polar surface area (TPSA) is 118 Å². The number of nitrogens with zero attached hydrogens (tertiary/aromatic N) is 5. The largest absolute Gasteiger partial charge is 0.348 e. The van der Waals surface area contributed by atoms with E-state index < -0.39 is 0 Å². The maximum atomic E-state index is 12.9. The van der Waals surface area contributed by atoms with Gasteiger partial charge in [0.2, 0.25) is 0 Å². The zero-order chi connectivity index (χ0) is 21.7. The number of rotatable bonds is 5. The molecule has 4 aromatic rings. The average Bonchev–Trinajstić information content (AvgIpc) is 3.27. The number of carbonyl (C=O) groups is 1. The van der Waals surface area contributed by atoms with Gasteiger partial charge in [0.1, 0.15) is 16.9 Å². The molecule has 160 valence electrons.